The van der Waals surface area contributed by atoms with E-state index in [1.54, 1.807) is 0 Å². The summed E-state index contributed by atoms with van der Waals surface area (Å²) < 4.78 is 0. The average molecular weight is 447 g/mol. The number of hydrogen-bond acceptors (Lipinski definition) is 0. The van der Waals surface area contributed by atoms with Crippen molar-refractivity contribution in [2.24, 2.45) is 0 Å². The summed E-state index contributed by atoms with van der Waals surface area (Å²) in [6.07, 6.45) is 6.32. The van der Waals surface area contributed by atoms with Crippen molar-refractivity contribution in [3.63, 3.8) is 0 Å². The third kappa shape index (κ3) is 3.55. The van der Waals surface area contributed by atoms with Crippen LogP contribution in [-0.2, 0) is 0 Å². The third-order valence-corrected chi connectivity index (χ3v) is 6.94. The van der Waals surface area contributed by atoms with Crippen LogP contribution in [0.3, 0.4) is 0 Å². The molecule has 0 aliphatic rings. The van der Waals surface area contributed by atoms with E-state index < -0.39 is 0 Å². The van der Waals surface area contributed by atoms with E-state index in [0.29, 0.717) is 0 Å². The summed E-state index contributed by atoms with van der Waals surface area (Å²) in [6.45, 7) is 6.21. The largest absolute Gasteiger partial charge is 0.0990 e. The van der Waals surface area contributed by atoms with Crippen LogP contribution in [0.25, 0.3) is 66.7 Å². The summed E-state index contributed by atoms with van der Waals surface area (Å²) in [5.41, 5.74) is 4.98. The predicted molar refractivity (Wildman–Crippen MR) is 154 cm³/mol. The first-order valence-electron chi connectivity index (χ1n) is 12.1. The normalized spacial score (nSPS) is 12.6. The minimum atomic E-state index is 1.21. The van der Waals surface area contributed by atoms with Gasteiger partial charge in [-0.15, -0.1) is 0 Å². The number of benzene rings is 6. The molecule has 0 aliphatic heterocycles. The number of allylic oxidation sites excluding steroid dienone is 1. The lowest BCUT2D eigenvalue weighted by Gasteiger charge is -2.16. The second kappa shape index (κ2) is 8.74. The third-order valence-electron chi connectivity index (χ3n) is 6.94. The zero-order chi connectivity index (χ0) is 23.8. The van der Waals surface area contributed by atoms with Gasteiger partial charge < -0.3 is 0 Å². The molecule has 0 aliphatic carbocycles. The van der Waals surface area contributed by atoms with E-state index in [2.05, 4.69) is 135 Å². The molecule has 0 unspecified atom stereocenters. The standard InChI is InChI=1S/C35H26/c1-3-11-31-30(4-2)34(28-20-18-24-12-5-7-14-26(24)22-28)32-16-9-10-17-33(32)35(31)29-21-19-25-13-6-8-15-27(25)23-29/h3-23H,1H2,2H3/b30-4+,31-11+. The van der Waals surface area contributed by atoms with E-state index in [1.165, 1.54) is 65.0 Å². The summed E-state index contributed by atoms with van der Waals surface area (Å²) in [6, 6.07) is 39.5. The van der Waals surface area contributed by atoms with E-state index in [0.717, 1.165) is 0 Å². The van der Waals surface area contributed by atoms with E-state index in [1.807, 2.05) is 6.08 Å². The Morgan fingerprint density at radius 2 is 0.971 bits per heavy atom. The van der Waals surface area contributed by atoms with Gasteiger partial charge in [0.1, 0.15) is 0 Å². The molecule has 0 aromatic heterocycles. The van der Waals surface area contributed by atoms with Crippen LogP contribution in [-0.4, -0.2) is 0 Å². The summed E-state index contributed by atoms with van der Waals surface area (Å²) in [4.78, 5) is 0. The molecular formula is C35H26. The van der Waals surface area contributed by atoms with E-state index in [-0.39, 0.29) is 0 Å². The molecule has 0 saturated heterocycles. The minimum Gasteiger partial charge on any atom is -0.0990 e. The highest BCUT2D eigenvalue weighted by atomic mass is 14.2. The van der Waals surface area contributed by atoms with Crippen molar-refractivity contribution in [2.45, 2.75) is 6.92 Å². The molecule has 6 aromatic rings. The van der Waals surface area contributed by atoms with Crippen LogP contribution in [0.2, 0.25) is 0 Å². The summed E-state index contributed by atoms with van der Waals surface area (Å²) in [5, 5.41) is 9.98. The fourth-order valence-corrected chi connectivity index (χ4v) is 5.38. The maximum atomic E-state index is 4.07. The maximum absolute atomic E-state index is 4.07. The molecule has 0 radical (unpaired) electrons. The molecule has 35 heavy (non-hydrogen) atoms. The zero-order valence-electron chi connectivity index (χ0n) is 19.8. The van der Waals surface area contributed by atoms with E-state index in [4.69, 9.17) is 0 Å². The maximum Gasteiger partial charge on any atom is -0.00263 e. The molecule has 0 saturated carbocycles. The Balaban J connectivity index is 1.77. The van der Waals surface area contributed by atoms with Crippen molar-refractivity contribution in [2.75, 3.05) is 0 Å². The van der Waals surface area contributed by atoms with Crippen LogP contribution in [0, 0.1) is 0 Å². The summed E-state index contributed by atoms with van der Waals surface area (Å²) >= 11 is 0. The lowest BCUT2D eigenvalue weighted by Crippen LogP contribution is -2.29. The van der Waals surface area contributed by atoms with Gasteiger partial charge in [-0.1, -0.05) is 122 Å². The van der Waals surface area contributed by atoms with Gasteiger partial charge in [0, 0.05) is 0 Å². The molecule has 0 amide bonds. The number of hydrogen-bond donors (Lipinski definition) is 0. The zero-order valence-corrected chi connectivity index (χ0v) is 19.8. The molecular weight excluding hydrogens is 420 g/mol. The van der Waals surface area contributed by atoms with Crippen LogP contribution < -0.4 is 10.4 Å². The van der Waals surface area contributed by atoms with Crippen molar-refractivity contribution >= 4 is 44.5 Å². The van der Waals surface area contributed by atoms with Crippen LogP contribution in [0.5, 0.6) is 0 Å². The van der Waals surface area contributed by atoms with E-state index >= 15 is 0 Å². The van der Waals surface area contributed by atoms with Crippen molar-refractivity contribution in [3.8, 4) is 22.3 Å². The lowest BCUT2D eigenvalue weighted by molar-refractivity contribution is 1.52. The van der Waals surface area contributed by atoms with Gasteiger partial charge in [-0.2, -0.15) is 0 Å². The van der Waals surface area contributed by atoms with Gasteiger partial charge in [-0.05, 0) is 84.1 Å². The molecule has 0 N–H and O–H groups in total. The second-order valence-corrected chi connectivity index (χ2v) is 8.94. The Morgan fingerprint density at radius 1 is 0.514 bits per heavy atom. The first kappa shape index (κ1) is 21.1. The molecule has 166 valence electrons. The highest BCUT2D eigenvalue weighted by molar-refractivity contribution is 6.07. The molecule has 0 spiro atoms. The smallest absolute Gasteiger partial charge is 0.00263 e. The van der Waals surface area contributed by atoms with Crippen LogP contribution in [0.15, 0.2) is 122 Å². The summed E-state index contributed by atoms with van der Waals surface area (Å²) in [7, 11) is 0. The van der Waals surface area contributed by atoms with Gasteiger partial charge in [0.05, 0.1) is 0 Å². The fourth-order valence-electron chi connectivity index (χ4n) is 5.38. The lowest BCUT2D eigenvalue weighted by atomic mass is 9.87. The van der Waals surface area contributed by atoms with Gasteiger partial charge in [0.15, 0.2) is 0 Å². The van der Waals surface area contributed by atoms with Gasteiger partial charge in [0.2, 0.25) is 0 Å². The van der Waals surface area contributed by atoms with Crippen LogP contribution in [0.1, 0.15) is 6.92 Å². The Morgan fingerprint density at radius 3 is 1.46 bits per heavy atom. The average Bonchev–Trinajstić information content (AvgIpc) is 2.92. The molecule has 0 bridgehead atoms. The van der Waals surface area contributed by atoms with Crippen molar-refractivity contribution in [1.82, 2.24) is 0 Å². The van der Waals surface area contributed by atoms with Crippen LogP contribution in [0.4, 0.5) is 0 Å². The van der Waals surface area contributed by atoms with Gasteiger partial charge in [-0.3, -0.25) is 0 Å². The highest BCUT2D eigenvalue weighted by Gasteiger charge is 2.15. The molecule has 6 rings (SSSR count). The summed E-state index contributed by atoms with van der Waals surface area (Å²) in [5.74, 6) is 0. The highest BCUT2D eigenvalue weighted by Crippen LogP contribution is 2.33. The second-order valence-electron chi connectivity index (χ2n) is 8.94. The van der Waals surface area contributed by atoms with Gasteiger partial charge in [0.25, 0.3) is 0 Å². The molecule has 0 atom stereocenters. The Labute approximate surface area is 205 Å². The molecule has 0 heterocycles. The predicted octanol–water partition coefficient (Wildman–Crippen LogP) is 8.25. The number of rotatable bonds is 3. The number of fused-ring (bicyclic) bond motifs is 3. The SMILES string of the molecule is C=C/C=c1/c(-c2ccc3ccccc3c2)c2ccccc2c(-c2ccc3ccccc3c2)/c1=C/C. The molecule has 6 aromatic carbocycles. The molecule has 0 fully saturated rings. The first-order valence-corrected chi connectivity index (χ1v) is 12.1. The van der Waals surface area contributed by atoms with Gasteiger partial charge >= 0.3 is 0 Å². The monoisotopic (exact) mass is 446 g/mol. The van der Waals surface area contributed by atoms with E-state index in [9.17, 15) is 0 Å². The van der Waals surface area contributed by atoms with Crippen molar-refractivity contribution in [1.29, 1.82) is 0 Å². The fraction of sp³-hybridized carbons (Fsp3) is 0.0286. The minimum absolute atomic E-state index is 1.21. The quantitative estimate of drug-likeness (QED) is 0.257. The Bertz CT molecular complexity index is 1870. The first-order chi connectivity index (χ1) is 17.3. The Hall–Kier alpha value is -4.42. The Kier molecular flexibility index (Phi) is 5.28. The topological polar surface area (TPSA) is 0 Å². The van der Waals surface area contributed by atoms with Gasteiger partial charge in [-0.25, -0.2) is 0 Å². The van der Waals surface area contributed by atoms with Crippen LogP contribution >= 0.6 is 0 Å². The van der Waals surface area contributed by atoms with Crippen molar-refractivity contribution in [3.05, 3.63) is 132 Å². The molecule has 0 nitrogen and oxygen atoms in total. The van der Waals surface area contributed by atoms with Crippen molar-refractivity contribution < 1.29 is 0 Å². The molecule has 0 heteroatoms.